The molecule has 1 aromatic carbocycles. The minimum absolute atomic E-state index is 0.0367. The van der Waals surface area contributed by atoms with Gasteiger partial charge in [-0.1, -0.05) is 11.6 Å². The van der Waals surface area contributed by atoms with Crippen LogP contribution in [0, 0.1) is 11.2 Å². The van der Waals surface area contributed by atoms with Gasteiger partial charge < -0.3 is 20.1 Å². The molecule has 10 heteroatoms. The largest absolute Gasteiger partial charge is 0.490 e. The standard InChI is InChI=1S/C22H21BClFN4O3/c24-14-4-5-17(25)15(10-14)22(26)16(12-28-21-3-1-2-8-32-21)18-6-7-19-20(29-18)9-13(11-27-19)23(30)31/h4-7,9-12,21,26,28,30-31H,1-3,8H2/b16-12-,26-22?. The van der Waals surface area contributed by atoms with E-state index in [0.717, 1.165) is 19.3 Å². The normalized spacial score (nSPS) is 16.8. The first-order chi connectivity index (χ1) is 15.4. The fraction of sp³-hybridized carbons (Fsp3) is 0.227. The van der Waals surface area contributed by atoms with Gasteiger partial charge in [0, 0.05) is 40.6 Å². The van der Waals surface area contributed by atoms with Gasteiger partial charge in [-0.05, 0) is 55.7 Å². The second-order valence-electron chi connectivity index (χ2n) is 7.46. The first-order valence-corrected chi connectivity index (χ1v) is 10.6. The number of benzene rings is 1. The van der Waals surface area contributed by atoms with E-state index >= 15 is 0 Å². The molecule has 32 heavy (non-hydrogen) atoms. The highest BCUT2D eigenvalue weighted by atomic mass is 35.5. The lowest BCUT2D eigenvalue weighted by Gasteiger charge is -2.23. The van der Waals surface area contributed by atoms with Crippen LogP contribution < -0.4 is 10.8 Å². The number of allylic oxidation sites excluding steroid dienone is 1. The van der Waals surface area contributed by atoms with Crippen molar-refractivity contribution in [1.29, 1.82) is 5.41 Å². The van der Waals surface area contributed by atoms with Gasteiger partial charge in [-0.3, -0.25) is 10.4 Å². The molecule has 1 atom stereocenters. The molecule has 0 amide bonds. The van der Waals surface area contributed by atoms with E-state index in [-0.39, 0.29) is 23.0 Å². The predicted molar refractivity (Wildman–Crippen MR) is 122 cm³/mol. The van der Waals surface area contributed by atoms with E-state index < -0.39 is 12.9 Å². The van der Waals surface area contributed by atoms with E-state index in [9.17, 15) is 14.4 Å². The maximum Gasteiger partial charge on any atom is 0.490 e. The molecule has 4 N–H and O–H groups in total. The second kappa shape index (κ2) is 9.75. The van der Waals surface area contributed by atoms with E-state index in [1.807, 2.05) is 0 Å². The van der Waals surface area contributed by atoms with Gasteiger partial charge in [-0.15, -0.1) is 0 Å². The van der Waals surface area contributed by atoms with Crippen molar-refractivity contribution >= 4 is 46.5 Å². The van der Waals surface area contributed by atoms with E-state index in [1.165, 1.54) is 30.5 Å². The van der Waals surface area contributed by atoms with Crippen molar-refractivity contribution in [2.24, 2.45) is 0 Å². The van der Waals surface area contributed by atoms with Crippen LogP contribution in [0.5, 0.6) is 0 Å². The molecule has 1 fully saturated rings. The van der Waals surface area contributed by atoms with E-state index in [0.29, 0.717) is 33.9 Å². The fourth-order valence-electron chi connectivity index (χ4n) is 3.47. The molecule has 0 radical (unpaired) electrons. The fourth-order valence-corrected chi connectivity index (χ4v) is 3.64. The van der Waals surface area contributed by atoms with Crippen LogP contribution in [-0.4, -0.2) is 45.7 Å². The summed E-state index contributed by atoms with van der Waals surface area (Å²) in [5, 5.41) is 31.1. The second-order valence-corrected chi connectivity index (χ2v) is 7.89. The first kappa shape index (κ1) is 22.4. The van der Waals surface area contributed by atoms with Crippen molar-refractivity contribution in [3.8, 4) is 0 Å². The van der Waals surface area contributed by atoms with E-state index in [2.05, 4.69) is 15.3 Å². The molecule has 1 aliphatic rings. The van der Waals surface area contributed by atoms with Crippen LogP contribution in [-0.2, 0) is 4.74 Å². The highest BCUT2D eigenvalue weighted by molar-refractivity contribution is 6.58. The number of nitrogens with zero attached hydrogens (tertiary/aromatic N) is 2. The number of hydrogen-bond acceptors (Lipinski definition) is 7. The van der Waals surface area contributed by atoms with E-state index in [1.54, 1.807) is 18.3 Å². The highest BCUT2D eigenvalue weighted by Crippen LogP contribution is 2.24. The lowest BCUT2D eigenvalue weighted by Crippen LogP contribution is -2.31. The van der Waals surface area contributed by atoms with Crippen molar-refractivity contribution < 1.29 is 19.2 Å². The molecule has 3 heterocycles. The molecule has 0 aliphatic carbocycles. The minimum Gasteiger partial charge on any atom is -0.423 e. The van der Waals surface area contributed by atoms with Gasteiger partial charge in [0.25, 0.3) is 0 Å². The molecular weight excluding hydrogens is 434 g/mol. The zero-order chi connectivity index (χ0) is 22.7. The average Bonchev–Trinajstić information content (AvgIpc) is 2.80. The van der Waals surface area contributed by atoms with Crippen LogP contribution in [0.4, 0.5) is 4.39 Å². The lowest BCUT2D eigenvalue weighted by atomic mass is 9.81. The zero-order valence-corrected chi connectivity index (χ0v) is 17.8. The number of pyridine rings is 2. The Morgan fingerprint density at radius 3 is 2.81 bits per heavy atom. The van der Waals surface area contributed by atoms with Crippen molar-refractivity contribution in [3.63, 3.8) is 0 Å². The van der Waals surface area contributed by atoms with E-state index in [4.69, 9.17) is 21.7 Å². The third-order valence-corrected chi connectivity index (χ3v) is 5.43. The minimum atomic E-state index is -1.68. The van der Waals surface area contributed by atoms with Gasteiger partial charge in [0.15, 0.2) is 0 Å². The molecular formula is C22H21BClFN4O3. The quantitative estimate of drug-likeness (QED) is 0.337. The monoisotopic (exact) mass is 454 g/mol. The summed E-state index contributed by atoms with van der Waals surface area (Å²) in [6.07, 6.45) is 5.58. The van der Waals surface area contributed by atoms with Gasteiger partial charge in [-0.2, -0.15) is 0 Å². The summed E-state index contributed by atoms with van der Waals surface area (Å²) in [6.45, 7) is 0.646. The summed E-state index contributed by atoms with van der Waals surface area (Å²) in [5.41, 5.74) is 1.79. The molecule has 7 nitrogen and oxygen atoms in total. The number of rotatable bonds is 6. The summed E-state index contributed by atoms with van der Waals surface area (Å²) >= 11 is 6.05. The molecule has 1 aliphatic heterocycles. The maximum atomic E-state index is 14.5. The summed E-state index contributed by atoms with van der Waals surface area (Å²) in [5.74, 6) is -0.577. The zero-order valence-electron chi connectivity index (χ0n) is 17.1. The molecule has 164 valence electrons. The van der Waals surface area contributed by atoms with Gasteiger partial charge >= 0.3 is 7.12 Å². The molecule has 3 aromatic rings. The lowest BCUT2D eigenvalue weighted by molar-refractivity contribution is 0.00347. The van der Waals surface area contributed by atoms with Crippen LogP contribution in [0.15, 0.2) is 48.8 Å². The Morgan fingerprint density at radius 1 is 1.22 bits per heavy atom. The van der Waals surface area contributed by atoms with Gasteiger partial charge in [0.05, 0.1) is 22.4 Å². The Balaban J connectivity index is 1.77. The molecule has 1 unspecified atom stereocenters. The molecule has 0 bridgehead atoms. The van der Waals surface area contributed by atoms with Crippen molar-refractivity contribution in [2.45, 2.75) is 25.5 Å². The SMILES string of the molecule is N=C(/C(=C\NC1CCCCO1)c1ccc2ncc(B(O)O)cc2n1)c1cc(Cl)ccc1F. The molecule has 0 spiro atoms. The van der Waals surface area contributed by atoms with Crippen LogP contribution in [0.2, 0.25) is 5.02 Å². The third-order valence-electron chi connectivity index (χ3n) is 5.19. The Hall–Kier alpha value is -2.85. The molecule has 1 saturated heterocycles. The number of aromatic nitrogens is 2. The Labute approximate surface area is 189 Å². The van der Waals surface area contributed by atoms with Gasteiger partial charge in [0.1, 0.15) is 12.0 Å². The van der Waals surface area contributed by atoms with Crippen LogP contribution >= 0.6 is 11.6 Å². The van der Waals surface area contributed by atoms with Crippen molar-refractivity contribution in [2.75, 3.05) is 6.61 Å². The Morgan fingerprint density at radius 2 is 2.06 bits per heavy atom. The van der Waals surface area contributed by atoms with Gasteiger partial charge in [0.2, 0.25) is 0 Å². The Kier molecular flexibility index (Phi) is 6.81. The third kappa shape index (κ3) is 4.97. The molecule has 2 aromatic heterocycles. The predicted octanol–water partition coefficient (Wildman–Crippen LogP) is 2.63. The smallest absolute Gasteiger partial charge is 0.423 e. The molecule has 4 rings (SSSR count). The summed E-state index contributed by atoms with van der Waals surface area (Å²) in [6, 6.07) is 8.93. The van der Waals surface area contributed by atoms with Crippen molar-refractivity contribution in [3.05, 3.63) is 70.9 Å². The summed E-state index contributed by atoms with van der Waals surface area (Å²) < 4.78 is 20.2. The number of hydrogen-bond donors (Lipinski definition) is 4. The average molecular weight is 455 g/mol. The number of nitrogens with one attached hydrogen (secondary N) is 2. The maximum absolute atomic E-state index is 14.5. The topological polar surface area (TPSA) is 111 Å². The first-order valence-electron chi connectivity index (χ1n) is 10.2. The molecule has 0 saturated carbocycles. The van der Waals surface area contributed by atoms with Crippen LogP contribution in [0.1, 0.15) is 30.5 Å². The highest BCUT2D eigenvalue weighted by Gasteiger charge is 2.19. The van der Waals surface area contributed by atoms with Crippen molar-refractivity contribution in [1.82, 2.24) is 15.3 Å². The number of fused-ring (bicyclic) bond motifs is 1. The Bertz CT molecular complexity index is 1190. The number of ether oxygens (including phenoxy) is 1. The van der Waals surface area contributed by atoms with Crippen LogP contribution in [0.3, 0.4) is 0 Å². The summed E-state index contributed by atoms with van der Waals surface area (Å²) in [4.78, 5) is 8.73. The van der Waals surface area contributed by atoms with Gasteiger partial charge in [-0.25, -0.2) is 9.37 Å². The number of halogens is 2. The van der Waals surface area contributed by atoms with Crippen LogP contribution in [0.25, 0.3) is 16.6 Å². The summed E-state index contributed by atoms with van der Waals surface area (Å²) in [7, 11) is -1.68.